The van der Waals surface area contributed by atoms with Crippen molar-refractivity contribution in [1.29, 1.82) is 0 Å². The first-order chi connectivity index (χ1) is 8.16. The summed E-state index contributed by atoms with van der Waals surface area (Å²) in [6, 6.07) is 3.52. The van der Waals surface area contributed by atoms with Crippen LogP contribution in [0.5, 0.6) is 0 Å². The zero-order chi connectivity index (χ0) is 12.3. The molecule has 0 radical (unpaired) electrons. The molecule has 0 aliphatic rings. The summed E-state index contributed by atoms with van der Waals surface area (Å²) in [5.74, 6) is -0.200. The third kappa shape index (κ3) is 2.57. The van der Waals surface area contributed by atoms with E-state index in [9.17, 15) is 4.79 Å². The molecule has 7 nitrogen and oxygen atoms in total. The lowest BCUT2D eigenvalue weighted by Crippen LogP contribution is -2.27. The minimum atomic E-state index is -0.349. The monoisotopic (exact) mass is 232 g/mol. The van der Waals surface area contributed by atoms with Crippen LogP contribution in [0.4, 0.5) is 5.95 Å². The number of H-pyrrole nitrogens is 1. The number of nitrogens with one attached hydrogen (secondary N) is 2. The van der Waals surface area contributed by atoms with E-state index in [4.69, 9.17) is 5.73 Å². The molecule has 0 unspecified atom stereocenters. The normalized spacial score (nSPS) is 12.1. The zero-order valence-electron chi connectivity index (χ0n) is 9.21. The highest BCUT2D eigenvalue weighted by Gasteiger charge is 2.14. The van der Waals surface area contributed by atoms with Gasteiger partial charge in [-0.25, -0.2) is 0 Å². The number of hydrogen-bond donors (Lipinski definition) is 3. The van der Waals surface area contributed by atoms with Gasteiger partial charge in [-0.1, -0.05) is 0 Å². The van der Waals surface area contributed by atoms with E-state index in [1.165, 1.54) is 0 Å². The van der Waals surface area contributed by atoms with E-state index < -0.39 is 0 Å². The van der Waals surface area contributed by atoms with Gasteiger partial charge in [0.1, 0.15) is 0 Å². The largest absolute Gasteiger partial charge is 0.366 e. The Hall–Kier alpha value is -2.44. The SMILES string of the molecule is C[C@H](NC(=O)c1nc(N)n[nH]1)c1ccncc1. The van der Waals surface area contributed by atoms with Crippen LogP contribution in [-0.4, -0.2) is 26.1 Å². The van der Waals surface area contributed by atoms with Gasteiger partial charge in [0.25, 0.3) is 5.91 Å². The third-order valence-corrected chi connectivity index (χ3v) is 2.27. The first kappa shape index (κ1) is 11.1. The summed E-state index contributed by atoms with van der Waals surface area (Å²) >= 11 is 0. The molecule has 0 saturated heterocycles. The second-order valence-corrected chi connectivity index (χ2v) is 3.52. The number of hydrogen-bond acceptors (Lipinski definition) is 5. The fraction of sp³-hybridized carbons (Fsp3) is 0.200. The van der Waals surface area contributed by atoms with Gasteiger partial charge in [-0.15, -0.1) is 5.10 Å². The van der Waals surface area contributed by atoms with Crippen LogP contribution in [0.3, 0.4) is 0 Å². The number of rotatable bonds is 3. The fourth-order valence-electron chi connectivity index (χ4n) is 1.38. The highest BCUT2D eigenvalue weighted by atomic mass is 16.2. The molecule has 2 rings (SSSR count). The van der Waals surface area contributed by atoms with Gasteiger partial charge in [-0.3, -0.25) is 14.9 Å². The quantitative estimate of drug-likeness (QED) is 0.703. The molecule has 4 N–H and O–H groups in total. The molecule has 1 amide bonds. The average Bonchev–Trinajstić information content (AvgIpc) is 2.77. The maximum atomic E-state index is 11.7. The summed E-state index contributed by atoms with van der Waals surface area (Å²) in [7, 11) is 0. The molecule has 0 spiro atoms. The fourth-order valence-corrected chi connectivity index (χ4v) is 1.38. The number of amides is 1. The van der Waals surface area contributed by atoms with Crippen LogP contribution in [-0.2, 0) is 0 Å². The molecule has 1 atom stereocenters. The Balaban J connectivity index is 2.04. The van der Waals surface area contributed by atoms with Gasteiger partial charge in [-0.2, -0.15) is 4.98 Å². The van der Waals surface area contributed by atoms with Gasteiger partial charge >= 0.3 is 0 Å². The molecular weight excluding hydrogens is 220 g/mol. The second kappa shape index (κ2) is 4.60. The molecule has 0 aliphatic heterocycles. The molecule has 2 heterocycles. The van der Waals surface area contributed by atoms with Crippen molar-refractivity contribution in [3.05, 3.63) is 35.9 Å². The molecule has 0 aromatic carbocycles. The van der Waals surface area contributed by atoms with Crippen molar-refractivity contribution < 1.29 is 4.79 Å². The maximum absolute atomic E-state index is 11.7. The van der Waals surface area contributed by atoms with Crippen LogP contribution < -0.4 is 11.1 Å². The number of nitrogens with zero attached hydrogens (tertiary/aromatic N) is 3. The standard InChI is InChI=1S/C10H12N6O/c1-6(7-2-4-12-5-3-7)13-9(17)8-14-10(11)16-15-8/h2-6H,1H3,(H,13,17)(H3,11,14,15,16)/t6-/m0/s1. The number of aromatic nitrogens is 4. The molecule has 2 aromatic heterocycles. The first-order valence-corrected chi connectivity index (χ1v) is 5.05. The van der Waals surface area contributed by atoms with Gasteiger partial charge in [0.15, 0.2) is 0 Å². The number of pyridine rings is 1. The minimum absolute atomic E-state index is 0.0479. The van der Waals surface area contributed by atoms with Crippen molar-refractivity contribution in [2.24, 2.45) is 0 Å². The summed E-state index contributed by atoms with van der Waals surface area (Å²) < 4.78 is 0. The molecule has 0 fully saturated rings. The predicted octanol–water partition coefficient (Wildman–Crippen LogP) is 0.273. The molecule has 0 aliphatic carbocycles. The van der Waals surface area contributed by atoms with E-state index in [2.05, 4.69) is 25.5 Å². The average molecular weight is 232 g/mol. The Kier molecular flexibility index (Phi) is 2.99. The smallest absolute Gasteiger partial charge is 0.289 e. The predicted molar refractivity (Wildman–Crippen MR) is 60.9 cm³/mol. The Labute approximate surface area is 97.5 Å². The van der Waals surface area contributed by atoms with Gasteiger partial charge in [0, 0.05) is 12.4 Å². The minimum Gasteiger partial charge on any atom is -0.366 e. The van der Waals surface area contributed by atoms with Crippen LogP contribution in [0.1, 0.15) is 29.1 Å². The number of anilines is 1. The van der Waals surface area contributed by atoms with Crippen molar-refractivity contribution >= 4 is 11.9 Å². The van der Waals surface area contributed by atoms with Gasteiger partial charge in [-0.05, 0) is 24.6 Å². The molecule has 88 valence electrons. The van der Waals surface area contributed by atoms with Crippen molar-refractivity contribution in [3.63, 3.8) is 0 Å². The lowest BCUT2D eigenvalue weighted by molar-refractivity contribution is 0.0930. The number of carbonyl (C=O) groups is 1. The van der Waals surface area contributed by atoms with E-state index in [0.717, 1.165) is 5.56 Å². The van der Waals surface area contributed by atoms with Gasteiger partial charge in [0.2, 0.25) is 11.8 Å². The lowest BCUT2D eigenvalue weighted by atomic mass is 10.1. The Morgan fingerprint density at radius 2 is 2.18 bits per heavy atom. The lowest BCUT2D eigenvalue weighted by Gasteiger charge is -2.12. The molecule has 17 heavy (non-hydrogen) atoms. The van der Waals surface area contributed by atoms with E-state index in [1.54, 1.807) is 12.4 Å². The molecule has 0 saturated carbocycles. The van der Waals surface area contributed by atoms with Crippen molar-refractivity contribution in [2.75, 3.05) is 5.73 Å². The second-order valence-electron chi connectivity index (χ2n) is 3.52. The van der Waals surface area contributed by atoms with Crippen LogP contribution in [0.2, 0.25) is 0 Å². The summed E-state index contributed by atoms with van der Waals surface area (Å²) in [6.07, 6.45) is 3.34. The van der Waals surface area contributed by atoms with Crippen LogP contribution >= 0.6 is 0 Å². The number of nitrogen functional groups attached to an aromatic ring is 1. The van der Waals surface area contributed by atoms with Crippen molar-refractivity contribution in [3.8, 4) is 0 Å². The molecular formula is C10H12N6O. The van der Waals surface area contributed by atoms with E-state index in [0.29, 0.717) is 0 Å². The Bertz CT molecular complexity index is 509. The van der Waals surface area contributed by atoms with Crippen LogP contribution in [0.15, 0.2) is 24.5 Å². The van der Waals surface area contributed by atoms with Gasteiger partial charge < -0.3 is 11.1 Å². The summed E-state index contributed by atoms with van der Waals surface area (Å²) in [6.45, 7) is 1.87. The highest BCUT2D eigenvalue weighted by molar-refractivity contribution is 5.90. The summed E-state index contributed by atoms with van der Waals surface area (Å²) in [4.78, 5) is 19.4. The van der Waals surface area contributed by atoms with E-state index in [-0.39, 0.29) is 23.7 Å². The Morgan fingerprint density at radius 3 is 2.76 bits per heavy atom. The first-order valence-electron chi connectivity index (χ1n) is 5.05. The van der Waals surface area contributed by atoms with Crippen molar-refractivity contribution in [1.82, 2.24) is 25.5 Å². The summed E-state index contributed by atoms with van der Waals surface area (Å²) in [5, 5.41) is 8.81. The van der Waals surface area contributed by atoms with Crippen LogP contribution in [0.25, 0.3) is 0 Å². The third-order valence-electron chi connectivity index (χ3n) is 2.27. The summed E-state index contributed by atoms with van der Waals surface area (Å²) in [5.41, 5.74) is 6.28. The van der Waals surface area contributed by atoms with Gasteiger partial charge in [0.05, 0.1) is 6.04 Å². The molecule has 0 bridgehead atoms. The van der Waals surface area contributed by atoms with Crippen molar-refractivity contribution in [2.45, 2.75) is 13.0 Å². The topological polar surface area (TPSA) is 110 Å². The van der Waals surface area contributed by atoms with E-state index in [1.807, 2.05) is 19.1 Å². The van der Waals surface area contributed by atoms with E-state index >= 15 is 0 Å². The molecule has 7 heteroatoms. The molecule has 2 aromatic rings. The Morgan fingerprint density at radius 1 is 1.47 bits per heavy atom. The number of carbonyl (C=O) groups excluding carboxylic acids is 1. The maximum Gasteiger partial charge on any atom is 0.289 e. The number of aromatic amines is 1. The number of nitrogens with two attached hydrogens (primary N) is 1. The zero-order valence-corrected chi connectivity index (χ0v) is 9.21. The van der Waals surface area contributed by atoms with Crippen LogP contribution in [0, 0.1) is 0 Å². The highest BCUT2D eigenvalue weighted by Crippen LogP contribution is 2.10.